The Bertz CT molecular complexity index is 263. The monoisotopic (exact) mass is 117 g/mol. The number of carbonyl (C=O) groups excluding carboxylic acids is 1. The number of ketones is 1. The molecule has 0 amide bonds. The summed E-state index contributed by atoms with van der Waals surface area (Å²) in [5, 5.41) is 0. The van der Waals surface area contributed by atoms with Crippen molar-refractivity contribution in [3.05, 3.63) is 35.4 Å². The second-order valence-corrected chi connectivity index (χ2v) is 2.18. The van der Waals surface area contributed by atoms with Gasteiger partial charge in [0, 0.05) is 12.0 Å². The summed E-state index contributed by atoms with van der Waals surface area (Å²) < 4.78 is 0. The van der Waals surface area contributed by atoms with E-state index >= 15 is 0 Å². The van der Waals surface area contributed by atoms with Crippen molar-refractivity contribution in [1.29, 1.82) is 0 Å². The molecule has 0 aromatic heterocycles. The lowest BCUT2D eigenvalue weighted by molar-refractivity contribution is 0.0968. The molecule has 1 radical (unpaired) electrons. The molecule has 0 N–H and O–H groups in total. The summed E-state index contributed by atoms with van der Waals surface area (Å²) in [5.74, 6) is 0.263. The van der Waals surface area contributed by atoms with E-state index in [1.807, 2.05) is 12.1 Å². The van der Waals surface area contributed by atoms with Crippen molar-refractivity contribution in [2.24, 2.45) is 0 Å². The molecule has 1 nitrogen and oxygen atoms in total. The Hall–Kier alpha value is -1.11. The van der Waals surface area contributed by atoms with Crippen LogP contribution in [0.5, 0.6) is 0 Å². The zero-order chi connectivity index (χ0) is 6.27. The summed E-state index contributed by atoms with van der Waals surface area (Å²) in [6.07, 6.45) is 0.618. The van der Waals surface area contributed by atoms with Gasteiger partial charge in [0.2, 0.25) is 0 Å². The molecule has 43 valence electrons. The molecule has 0 heterocycles. The third kappa shape index (κ3) is 0.515. The van der Waals surface area contributed by atoms with Crippen LogP contribution in [0, 0.1) is 6.07 Å². The fourth-order valence-electron chi connectivity index (χ4n) is 1.04. The van der Waals surface area contributed by atoms with Gasteiger partial charge >= 0.3 is 0 Å². The summed E-state index contributed by atoms with van der Waals surface area (Å²) >= 11 is 0. The lowest BCUT2D eigenvalue weighted by Gasteiger charge is -2.14. The van der Waals surface area contributed by atoms with Crippen LogP contribution >= 0.6 is 0 Å². The molecule has 0 fully saturated rings. The van der Waals surface area contributed by atoms with Gasteiger partial charge in [-0.1, -0.05) is 12.1 Å². The SMILES string of the molecule is O=C1Cc2c[c]ccc21. The largest absolute Gasteiger partial charge is 0.294 e. The standard InChI is InChI=1S/C8H5O/c9-8-5-6-3-1-2-4-7(6)8/h2-4H,5H2. The van der Waals surface area contributed by atoms with Gasteiger partial charge in [-0.25, -0.2) is 0 Å². The third-order valence-electron chi connectivity index (χ3n) is 1.60. The van der Waals surface area contributed by atoms with E-state index in [0.29, 0.717) is 6.42 Å². The van der Waals surface area contributed by atoms with Crippen LogP contribution < -0.4 is 0 Å². The zero-order valence-corrected chi connectivity index (χ0v) is 4.85. The molecule has 1 aromatic carbocycles. The number of benzene rings is 1. The maximum Gasteiger partial charge on any atom is 0.167 e. The highest BCUT2D eigenvalue weighted by molar-refractivity contribution is 6.06. The molecule has 1 aliphatic carbocycles. The molecular formula is C8H5O. The molecule has 0 spiro atoms. The van der Waals surface area contributed by atoms with Crippen molar-refractivity contribution in [3.63, 3.8) is 0 Å². The number of hydrogen-bond acceptors (Lipinski definition) is 1. The highest BCUT2D eigenvalue weighted by Crippen LogP contribution is 2.20. The van der Waals surface area contributed by atoms with Gasteiger partial charge in [-0.05, 0) is 17.7 Å². The summed E-state index contributed by atoms with van der Waals surface area (Å²) in [6, 6.07) is 8.39. The fraction of sp³-hybridized carbons (Fsp3) is 0.125. The second-order valence-electron chi connectivity index (χ2n) is 2.18. The van der Waals surface area contributed by atoms with Crippen molar-refractivity contribution in [3.8, 4) is 0 Å². The topological polar surface area (TPSA) is 17.1 Å². The molecule has 0 atom stereocenters. The van der Waals surface area contributed by atoms with E-state index in [1.54, 1.807) is 6.07 Å². The highest BCUT2D eigenvalue weighted by atomic mass is 16.1. The molecule has 0 saturated carbocycles. The summed E-state index contributed by atoms with van der Waals surface area (Å²) in [7, 11) is 0. The van der Waals surface area contributed by atoms with Gasteiger partial charge in [0.25, 0.3) is 0 Å². The number of hydrogen-bond donors (Lipinski definition) is 0. The van der Waals surface area contributed by atoms with Crippen molar-refractivity contribution in [2.45, 2.75) is 6.42 Å². The van der Waals surface area contributed by atoms with E-state index < -0.39 is 0 Å². The van der Waals surface area contributed by atoms with Crippen LogP contribution in [-0.4, -0.2) is 5.78 Å². The molecule has 1 aliphatic rings. The maximum absolute atomic E-state index is 10.7. The molecule has 0 saturated heterocycles. The van der Waals surface area contributed by atoms with Crippen molar-refractivity contribution >= 4 is 5.78 Å². The maximum atomic E-state index is 10.7. The van der Waals surface area contributed by atoms with Gasteiger partial charge in [0.1, 0.15) is 0 Å². The van der Waals surface area contributed by atoms with E-state index in [1.165, 1.54) is 0 Å². The summed E-state index contributed by atoms with van der Waals surface area (Å²) in [5.41, 5.74) is 2.02. The number of Topliss-reactive ketones (excluding diaryl/α,β-unsaturated/α-hetero) is 1. The number of carbonyl (C=O) groups is 1. The van der Waals surface area contributed by atoms with Gasteiger partial charge < -0.3 is 0 Å². The molecule has 2 rings (SSSR count). The van der Waals surface area contributed by atoms with E-state index in [-0.39, 0.29) is 5.78 Å². The Kier molecular flexibility index (Phi) is 0.758. The van der Waals surface area contributed by atoms with Gasteiger partial charge in [0.15, 0.2) is 5.78 Å². The first-order valence-corrected chi connectivity index (χ1v) is 2.90. The van der Waals surface area contributed by atoms with Gasteiger partial charge in [-0.2, -0.15) is 0 Å². The molecular weight excluding hydrogens is 112 g/mol. The Morgan fingerprint density at radius 2 is 2.44 bits per heavy atom. The first kappa shape index (κ1) is 4.74. The summed E-state index contributed by atoms with van der Waals surface area (Å²) in [6.45, 7) is 0. The first-order chi connectivity index (χ1) is 4.38. The Morgan fingerprint density at radius 3 is 3.00 bits per heavy atom. The third-order valence-corrected chi connectivity index (χ3v) is 1.60. The van der Waals surface area contributed by atoms with Gasteiger partial charge in [0.05, 0.1) is 0 Å². The lowest BCUT2D eigenvalue weighted by Crippen LogP contribution is -2.17. The first-order valence-electron chi connectivity index (χ1n) is 2.90. The fourth-order valence-corrected chi connectivity index (χ4v) is 1.04. The molecule has 9 heavy (non-hydrogen) atoms. The van der Waals surface area contributed by atoms with Crippen LogP contribution in [0.3, 0.4) is 0 Å². The van der Waals surface area contributed by atoms with Crippen LogP contribution in [0.4, 0.5) is 0 Å². The van der Waals surface area contributed by atoms with Gasteiger partial charge in [-0.15, -0.1) is 0 Å². The van der Waals surface area contributed by atoms with E-state index in [9.17, 15) is 4.79 Å². The second kappa shape index (κ2) is 1.44. The molecule has 0 unspecified atom stereocenters. The van der Waals surface area contributed by atoms with Gasteiger partial charge in [-0.3, -0.25) is 4.79 Å². The van der Waals surface area contributed by atoms with Crippen molar-refractivity contribution in [1.82, 2.24) is 0 Å². The smallest absolute Gasteiger partial charge is 0.167 e. The molecule has 0 bridgehead atoms. The normalized spacial score (nSPS) is 14.4. The number of rotatable bonds is 0. The number of fused-ring (bicyclic) bond motifs is 1. The van der Waals surface area contributed by atoms with Crippen molar-refractivity contribution in [2.75, 3.05) is 0 Å². The minimum Gasteiger partial charge on any atom is -0.294 e. The van der Waals surface area contributed by atoms with E-state index in [4.69, 9.17) is 0 Å². The summed E-state index contributed by atoms with van der Waals surface area (Å²) in [4.78, 5) is 10.7. The average Bonchev–Trinajstić information content (AvgIpc) is 1.86. The predicted octanol–water partition coefficient (Wildman–Crippen LogP) is 1.23. The lowest BCUT2D eigenvalue weighted by atomic mass is 9.88. The van der Waals surface area contributed by atoms with Crippen LogP contribution in [0.2, 0.25) is 0 Å². The average molecular weight is 117 g/mol. The van der Waals surface area contributed by atoms with Crippen LogP contribution in [0.15, 0.2) is 18.2 Å². The van der Waals surface area contributed by atoms with E-state index in [2.05, 4.69) is 6.07 Å². The van der Waals surface area contributed by atoms with Crippen LogP contribution in [0.1, 0.15) is 15.9 Å². The molecule has 1 heteroatoms. The predicted molar refractivity (Wildman–Crippen MR) is 33.3 cm³/mol. The highest BCUT2D eigenvalue weighted by Gasteiger charge is 2.20. The van der Waals surface area contributed by atoms with Crippen LogP contribution in [0.25, 0.3) is 0 Å². The molecule has 0 aliphatic heterocycles. The van der Waals surface area contributed by atoms with Crippen LogP contribution in [-0.2, 0) is 6.42 Å². The minimum atomic E-state index is 0.263. The van der Waals surface area contributed by atoms with E-state index in [0.717, 1.165) is 11.1 Å². The Balaban J connectivity index is 2.63. The van der Waals surface area contributed by atoms with Crippen molar-refractivity contribution < 1.29 is 4.79 Å². The quantitative estimate of drug-likeness (QED) is 0.499. The Labute approximate surface area is 53.3 Å². The molecule has 1 aromatic rings. The zero-order valence-electron chi connectivity index (χ0n) is 4.85. The minimum absolute atomic E-state index is 0.263. The Morgan fingerprint density at radius 1 is 1.56 bits per heavy atom.